The lowest BCUT2D eigenvalue weighted by Crippen LogP contribution is -2.38. The van der Waals surface area contributed by atoms with Crippen LogP contribution in [-0.2, 0) is 6.54 Å². The van der Waals surface area contributed by atoms with Crippen LogP contribution in [0.1, 0.15) is 6.92 Å². The fraction of sp³-hybridized carbons (Fsp3) is 0.300. The molecule has 7 heteroatoms. The molecule has 2 aromatic heterocycles. The zero-order valence-electron chi connectivity index (χ0n) is 9.42. The number of amides is 2. The van der Waals surface area contributed by atoms with Crippen LogP contribution in [0.25, 0.3) is 0 Å². The van der Waals surface area contributed by atoms with Crippen molar-refractivity contribution in [1.82, 2.24) is 25.1 Å². The van der Waals surface area contributed by atoms with Gasteiger partial charge in [0.2, 0.25) is 0 Å². The number of rotatable bonds is 4. The van der Waals surface area contributed by atoms with Gasteiger partial charge in [0.1, 0.15) is 0 Å². The summed E-state index contributed by atoms with van der Waals surface area (Å²) in [6, 6.07) is -0.241. The van der Waals surface area contributed by atoms with E-state index in [1.165, 1.54) is 0 Å². The lowest BCUT2D eigenvalue weighted by atomic mass is 10.3. The number of aromatic nitrogens is 4. The van der Waals surface area contributed by atoms with Crippen molar-refractivity contribution in [3.05, 3.63) is 31.1 Å². The fourth-order valence-corrected chi connectivity index (χ4v) is 1.47. The number of carbonyl (C=O) groups is 1. The maximum Gasteiger partial charge on any atom is 0.319 e. The first-order valence-corrected chi connectivity index (χ1v) is 5.26. The lowest BCUT2D eigenvalue weighted by molar-refractivity contribution is 0.248. The maximum absolute atomic E-state index is 11.6. The van der Waals surface area contributed by atoms with E-state index in [0.717, 1.165) is 0 Å². The molecule has 2 amide bonds. The van der Waals surface area contributed by atoms with E-state index in [1.54, 1.807) is 24.9 Å². The first kappa shape index (κ1) is 11.2. The summed E-state index contributed by atoms with van der Waals surface area (Å²) in [5.74, 6) is 0. The molecule has 1 atom stereocenters. The molecule has 0 saturated carbocycles. The van der Waals surface area contributed by atoms with Crippen LogP contribution in [0, 0.1) is 0 Å². The number of anilines is 1. The third-order valence-electron chi connectivity index (χ3n) is 2.18. The largest absolute Gasteiger partial charge is 0.335 e. The topological polar surface area (TPSA) is 87.6 Å². The SMILES string of the molecule is C[C@H](Cn1ccnc1)NC(=O)Nc1cn[nH]c1. The third-order valence-corrected chi connectivity index (χ3v) is 2.18. The molecule has 3 N–H and O–H groups in total. The van der Waals surface area contributed by atoms with E-state index in [2.05, 4.69) is 25.8 Å². The van der Waals surface area contributed by atoms with E-state index in [4.69, 9.17) is 0 Å². The van der Waals surface area contributed by atoms with E-state index in [0.29, 0.717) is 12.2 Å². The van der Waals surface area contributed by atoms with Gasteiger partial charge in [-0.25, -0.2) is 9.78 Å². The van der Waals surface area contributed by atoms with E-state index < -0.39 is 0 Å². The van der Waals surface area contributed by atoms with E-state index in [9.17, 15) is 4.79 Å². The zero-order valence-corrected chi connectivity index (χ0v) is 9.42. The summed E-state index contributed by atoms with van der Waals surface area (Å²) in [7, 11) is 0. The van der Waals surface area contributed by atoms with Crippen molar-refractivity contribution in [2.75, 3.05) is 5.32 Å². The summed E-state index contributed by atoms with van der Waals surface area (Å²) in [5, 5.41) is 11.8. The molecule has 0 saturated heterocycles. The number of nitrogens with one attached hydrogen (secondary N) is 3. The van der Waals surface area contributed by atoms with Gasteiger partial charge in [-0.05, 0) is 6.92 Å². The highest BCUT2D eigenvalue weighted by atomic mass is 16.2. The second kappa shape index (κ2) is 5.15. The molecule has 0 aliphatic rings. The second-order valence-corrected chi connectivity index (χ2v) is 3.75. The normalized spacial score (nSPS) is 12.1. The number of imidazole rings is 1. The number of hydrogen-bond donors (Lipinski definition) is 3. The van der Waals surface area contributed by atoms with Crippen molar-refractivity contribution in [3.63, 3.8) is 0 Å². The Labute approximate surface area is 98.2 Å². The minimum absolute atomic E-state index is 0.0103. The Morgan fingerprint density at radius 2 is 2.53 bits per heavy atom. The first-order chi connectivity index (χ1) is 8.24. The van der Waals surface area contributed by atoms with Gasteiger partial charge in [0.25, 0.3) is 0 Å². The molecule has 0 aliphatic carbocycles. The Bertz CT molecular complexity index is 449. The molecule has 0 fully saturated rings. The quantitative estimate of drug-likeness (QED) is 0.731. The summed E-state index contributed by atoms with van der Waals surface area (Å²) in [6.07, 6.45) is 8.43. The number of aromatic amines is 1. The molecule has 0 spiro atoms. The molecule has 0 bridgehead atoms. The Balaban J connectivity index is 1.78. The first-order valence-electron chi connectivity index (χ1n) is 5.26. The number of urea groups is 1. The standard InChI is InChI=1S/C10H14N6O/c1-8(6-16-3-2-11-7-16)14-10(17)15-9-4-12-13-5-9/h2-5,7-8H,6H2,1H3,(H,12,13)(H2,14,15,17)/t8-/m1/s1. The number of nitrogens with zero attached hydrogens (tertiary/aromatic N) is 3. The van der Waals surface area contributed by atoms with Crippen molar-refractivity contribution in [2.45, 2.75) is 19.5 Å². The van der Waals surface area contributed by atoms with Gasteiger partial charge < -0.3 is 15.2 Å². The van der Waals surface area contributed by atoms with Crippen LogP contribution >= 0.6 is 0 Å². The average Bonchev–Trinajstić information content (AvgIpc) is 2.90. The minimum atomic E-state index is -0.251. The van der Waals surface area contributed by atoms with Gasteiger partial charge in [-0.15, -0.1) is 0 Å². The van der Waals surface area contributed by atoms with Gasteiger partial charge in [-0.3, -0.25) is 5.10 Å². The molecule has 2 rings (SSSR count). The Morgan fingerprint density at radius 3 is 3.18 bits per heavy atom. The zero-order chi connectivity index (χ0) is 12.1. The Morgan fingerprint density at radius 1 is 1.65 bits per heavy atom. The monoisotopic (exact) mass is 234 g/mol. The van der Waals surface area contributed by atoms with E-state index >= 15 is 0 Å². The Kier molecular flexibility index (Phi) is 3.39. The predicted octanol–water partition coefficient (Wildman–Crippen LogP) is 0.816. The summed E-state index contributed by atoms with van der Waals surface area (Å²) >= 11 is 0. The van der Waals surface area contributed by atoms with Gasteiger partial charge in [-0.2, -0.15) is 5.10 Å². The molecular formula is C10H14N6O. The van der Waals surface area contributed by atoms with Gasteiger partial charge in [-0.1, -0.05) is 0 Å². The molecule has 2 aromatic rings. The van der Waals surface area contributed by atoms with Crippen molar-refractivity contribution in [2.24, 2.45) is 0 Å². The van der Waals surface area contributed by atoms with Gasteiger partial charge in [0.05, 0.1) is 18.2 Å². The van der Waals surface area contributed by atoms with Crippen LogP contribution in [0.2, 0.25) is 0 Å². The van der Waals surface area contributed by atoms with E-state index in [-0.39, 0.29) is 12.1 Å². The minimum Gasteiger partial charge on any atom is -0.335 e. The Hall–Kier alpha value is -2.31. The second-order valence-electron chi connectivity index (χ2n) is 3.75. The number of H-pyrrole nitrogens is 1. The van der Waals surface area contributed by atoms with Crippen molar-refractivity contribution in [3.8, 4) is 0 Å². The number of carbonyl (C=O) groups excluding carboxylic acids is 1. The molecule has 2 heterocycles. The van der Waals surface area contributed by atoms with E-state index in [1.807, 2.05) is 17.7 Å². The lowest BCUT2D eigenvalue weighted by Gasteiger charge is -2.14. The summed E-state index contributed by atoms with van der Waals surface area (Å²) < 4.78 is 1.91. The number of hydrogen-bond acceptors (Lipinski definition) is 3. The van der Waals surface area contributed by atoms with Crippen LogP contribution in [0.4, 0.5) is 10.5 Å². The molecular weight excluding hydrogens is 220 g/mol. The molecule has 0 unspecified atom stereocenters. The highest BCUT2D eigenvalue weighted by Gasteiger charge is 2.07. The van der Waals surface area contributed by atoms with Gasteiger partial charge in [0, 0.05) is 31.2 Å². The average molecular weight is 234 g/mol. The summed E-state index contributed by atoms with van der Waals surface area (Å²) in [5.41, 5.74) is 0.636. The predicted molar refractivity (Wildman–Crippen MR) is 62.4 cm³/mol. The molecule has 7 nitrogen and oxygen atoms in total. The fourth-order valence-electron chi connectivity index (χ4n) is 1.47. The van der Waals surface area contributed by atoms with Gasteiger partial charge in [0.15, 0.2) is 0 Å². The molecule has 0 aromatic carbocycles. The van der Waals surface area contributed by atoms with Crippen molar-refractivity contribution >= 4 is 11.7 Å². The van der Waals surface area contributed by atoms with Crippen molar-refractivity contribution in [1.29, 1.82) is 0 Å². The molecule has 0 radical (unpaired) electrons. The molecule has 0 aliphatic heterocycles. The van der Waals surface area contributed by atoms with Crippen LogP contribution in [0.5, 0.6) is 0 Å². The third kappa shape index (κ3) is 3.33. The van der Waals surface area contributed by atoms with Gasteiger partial charge >= 0.3 is 6.03 Å². The van der Waals surface area contributed by atoms with Crippen molar-refractivity contribution < 1.29 is 4.79 Å². The highest BCUT2D eigenvalue weighted by molar-refractivity contribution is 5.88. The van der Waals surface area contributed by atoms with Crippen LogP contribution in [-0.4, -0.2) is 31.8 Å². The summed E-state index contributed by atoms with van der Waals surface area (Å²) in [4.78, 5) is 15.5. The molecule has 17 heavy (non-hydrogen) atoms. The van der Waals surface area contributed by atoms with Crippen LogP contribution in [0.15, 0.2) is 31.1 Å². The smallest absolute Gasteiger partial charge is 0.319 e. The summed E-state index contributed by atoms with van der Waals surface area (Å²) in [6.45, 7) is 2.60. The van der Waals surface area contributed by atoms with Crippen LogP contribution < -0.4 is 10.6 Å². The maximum atomic E-state index is 11.6. The van der Waals surface area contributed by atoms with Crippen LogP contribution in [0.3, 0.4) is 0 Å². The highest BCUT2D eigenvalue weighted by Crippen LogP contribution is 2.00. The molecule has 90 valence electrons.